The molecule has 0 spiro atoms. The molecular weight excluding hydrogens is 321 g/mol. The molecule has 0 aliphatic carbocycles. The van der Waals surface area contributed by atoms with Crippen LogP contribution in [0.25, 0.3) is 0 Å². The first-order chi connectivity index (χ1) is 8.95. The number of hydrogen-bond acceptors (Lipinski definition) is 2. The van der Waals surface area contributed by atoms with Crippen molar-refractivity contribution in [1.29, 1.82) is 5.41 Å². The predicted molar refractivity (Wildman–Crippen MR) is 87.9 cm³/mol. The van der Waals surface area contributed by atoms with Gasteiger partial charge in [0.1, 0.15) is 0 Å². The Morgan fingerprint density at radius 2 is 2.00 bits per heavy atom. The number of hydrogen-bond donors (Lipinski definition) is 3. The maximum absolute atomic E-state index is 7.39. The van der Waals surface area contributed by atoms with Crippen molar-refractivity contribution in [3.8, 4) is 0 Å². The minimum atomic E-state index is -0.185. The highest BCUT2D eigenvalue weighted by Gasteiger charge is 2.08. The van der Waals surface area contributed by atoms with Gasteiger partial charge >= 0.3 is 0 Å². The third-order valence-corrected chi connectivity index (χ3v) is 3.03. The van der Waals surface area contributed by atoms with Gasteiger partial charge in [0.2, 0.25) is 0 Å². The van der Waals surface area contributed by atoms with Crippen molar-refractivity contribution in [2.45, 2.75) is 6.54 Å². The van der Waals surface area contributed by atoms with Gasteiger partial charge in [-0.25, -0.2) is 4.99 Å². The van der Waals surface area contributed by atoms with Crippen molar-refractivity contribution in [3.63, 3.8) is 0 Å². The van der Waals surface area contributed by atoms with Gasteiger partial charge in [0.15, 0.2) is 11.9 Å². The van der Waals surface area contributed by atoms with Crippen LogP contribution in [-0.4, -0.2) is 23.4 Å². The van der Waals surface area contributed by atoms with E-state index in [1.54, 1.807) is 24.3 Å². The van der Waals surface area contributed by atoms with Crippen LogP contribution in [0.3, 0.4) is 0 Å². The van der Waals surface area contributed by atoms with Gasteiger partial charge in [-0.3, -0.25) is 10.3 Å². The van der Waals surface area contributed by atoms with Crippen LogP contribution in [0, 0.1) is 5.41 Å². The Bertz CT molecular complexity index is 516. The third kappa shape index (κ3) is 5.28. The molecule has 5 nitrogen and oxygen atoms in total. The Kier molecular flexibility index (Phi) is 8.06. The van der Waals surface area contributed by atoms with Crippen molar-refractivity contribution in [3.05, 3.63) is 46.5 Å². The Labute approximate surface area is 134 Å². The van der Waals surface area contributed by atoms with Crippen LogP contribution in [-0.2, 0) is 6.54 Å². The van der Waals surface area contributed by atoms with E-state index in [4.69, 9.17) is 40.1 Å². The van der Waals surface area contributed by atoms with Crippen LogP contribution in [0.5, 0.6) is 0 Å². The summed E-state index contributed by atoms with van der Waals surface area (Å²) in [6, 6.07) is 5.21. The molecule has 0 aromatic heterocycles. The summed E-state index contributed by atoms with van der Waals surface area (Å²) in [6.45, 7) is 4.22. The van der Waals surface area contributed by atoms with E-state index in [0.717, 1.165) is 5.56 Å². The van der Waals surface area contributed by atoms with Crippen molar-refractivity contribution in [2.75, 3.05) is 6.54 Å². The highest BCUT2D eigenvalue weighted by atomic mass is 35.5. The van der Waals surface area contributed by atoms with Crippen molar-refractivity contribution in [1.82, 2.24) is 4.90 Å². The molecule has 0 saturated carbocycles. The van der Waals surface area contributed by atoms with Crippen LogP contribution in [0.15, 0.2) is 35.8 Å². The van der Waals surface area contributed by atoms with Gasteiger partial charge in [-0.15, -0.1) is 19.0 Å². The van der Waals surface area contributed by atoms with Crippen LogP contribution in [0.2, 0.25) is 10.0 Å². The van der Waals surface area contributed by atoms with Gasteiger partial charge in [0, 0.05) is 6.54 Å². The van der Waals surface area contributed by atoms with E-state index in [1.807, 2.05) is 0 Å². The smallest absolute Gasteiger partial charge is 0.198 e. The lowest BCUT2D eigenvalue weighted by atomic mass is 10.2. The Morgan fingerprint density at radius 3 is 2.50 bits per heavy atom. The van der Waals surface area contributed by atoms with Gasteiger partial charge in [0.05, 0.1) is 16.6 Å². The first-order valence-corrected chi connectivity index (χ1v) is 6.17. The summed E-state index contributed by atoms with van der Waals surface area (Å²) in [6.07, 6.45) is 1.59. The minimum Gasteiger partial charge on any atom is -0.370 e. The Hall–Kier alpha value is -1.43. The molecule has 0 saturated heterocycles. The Balaban J connectivity index is 0.00000361. The van der Waals surface area contributed by atoms with E-state index in [9.17, 15) is 0 Å². The van der Waals surface area contributed by atoms with Crippen LogP contribution in [0.4, 0.5) is 0 Å². The van der Waals surface area contributed by atoms with Gasteiger partial charge in [-0.05, 0) is 17.7 Å². The lowest BCUT2D eigenvalue weighted by Crippen LogP contribution is -2.45. The molecule has 20 heavy (non-hydrogen) atoms. The van der Waals surface area contributed by atoms with Crippen molar-refractivity contribution < 1.29 is 0 Å². The van der Waals surface area contributed by atoms with E-state index in [-0.39, 0.29) is 24.3 Å². The van der Waals surface area contributed by atoms with E-state index < -0.39 is 0 Å². The molecule has 0 aliphatic rings. The molecule has 1 aromatic carbocycles. The topological polar surface area (TPSA) is 91.5 Å². The molecule has 0 atom stereocenters. The molecule has 0 bridgehead atoms. The summed E-state index contributed by atoms with van der Waals surface area (Å²) < 4.78 is 0. The molecule has 0 fully saturated rings. The Morgan fingerprint density at radius 1 is 1.35 bits per heavy atom. The number of benzene rings is 1. The molecule has 8 heteroatoms. The quantitative estimate of drug-likeness (QED) is 0.448. The second-order valence-corrected chi connectivity index (χ2v) is 4.52. The summed E-state index contributed by atoms with van der Waals surface area (Å²) in [4.78, 5) is 5.49. The zero-order valence-electron chi connectivity index (χ0n) is 10.6. The summed E-state index contributed by atoms with van der Waals surface area (Å²) in [5.41, 5.74) is 12.0. The summed E-state index contributed by atoms with van der Waals surface area (Å²) in [7, 11) is 0. The fraction of sp³-hybridized carbons (Fsp3) is 0.167. The summed E-state index contributed by atoms with van der Waals surface area (Å²) >= 11 is 11.7. The number of nitrogens with one attached hydrogen (secondary N) is 1. The average molecular weight is 337 g/mol. The van der Waals surface area contributed by atoms with Gasteiger partial charge < -0.3 is 11.5 Å². The highest BCUT2D eigenvalue weighted by Crippen LogP contribution is 2.22. The lowest BCUT2D eigenvalue weighted by Gasteiger charge is -2.19. The van der Waals surface area contributed by atoms with E-state index in [2.05, 4.69) is 11.6 Å². The number of guanidine groups is 2. The van der Waals surface area contributed by atoms with Gasteiger partial charge in [-0.1, -0.05) is 35.3 Å². The molecular formula is C12H16Cl3N5. The molecule has 5 N–H and O–H groups in total. The molecule has 110 valence electrons. The normalized spacial score (nSPS) is 10.6. The highest BCUT2D eigenvalue weighted by molar-refractivity contribution is 6.42. The number of rotatable bonds is 4. The fourth-order valence-electron chi connectivity index (χ4n) is 1.34. The molecule has 0 unspecified atom stereocenters. The second-order valence-electron chi connectivity index (χ2n) is 3.71. The van der Waals surface area contributed by atoms with Crippen LogP contribution in [0.1, 0.15) is 5.56 Å². The molecule has 0 aliphatic heterocycles. The van der Waals surface area contributed by atoms with Gasteiger partial charge in [-0.2, -0.15) is 0 Å². The summed E-state index contributed by atoms with van der Waals surface area (Å²) in [5, 5.41) is 8.33. The first-order valence-electron chi connectivity index (χ1n) is 5.42. The maximum Gasteiger partial charge on any atom is 0.198 e. The number of nitrogens with zero attached hydrogens (tertiary/aromatic N) is 2. The maximum atomic E-state index is 7.39. The van der Waals surface area contributed by atoms with E-state index in [0.29, 0.717) is 23.1 Å². The zero-order valence-corrected chi connectivity index (χ0v) is 13.0. The summed E-state index contributed by atoms with van der Waals surface area (Å²) in [5.74, 6) is -0.0336. The molecule has 0 amide bonds. The molecule has 0 heterocycles. The third-order valence-electron chi connectivity index (χ3n) is 2.29. The number of nitrogens with two attached hydrogens (primary N) is 2. The largest absolute Gasteiger partial charge is 0.370 e. The van der Waals surface area contributed by atoms with Crippen molar-refractivity contribution in [2.24, 2.45) is 16.5 Å². The van der Waals surface area contributed by atoms with Gasteiger partial charge in [0.25, 0.3) is 0 Å². The first kappa shape index (κ1) is 18.6. The average Bonchev–Trinajstić information content (AvgIpc) is 2.36. The SMILES string of the molecule is C=CCN(C(=N)N)C(N)=NCc1ccc(Cl)c(Cl)c1.Cl. The lowest BCUT2D eigenvalue weighted by molar-refractivity contribution is 0.652. The second kappa shape index (κ2) is 8.68. The van der Waals surface area contributed by atoms with Crippen LogP contribution >= 0.6 is 35.6 Å². The van der Waals surface area contributed by atoms with E-state index >= 15 is 0 Å². The fourth-order valence-corrected chi connectivity index (χ4v) is 1.66. The predicted octanol–water partition coefficient (Wildman–Crippen LogP) is 2.61. The van der Waals surface area contributed by atoms with Crippen molar-refractivity contribution >= 4 is 47.5 Å². The molecule has 1 rings (SSSR count). The monoisotopic (exact) mass is 335 g/mol. The molecule has 1 aromatic rings. The standard InChI is InChI=1S/C12H15Cl2N5.ClH/c1-2-5-19(11(15)16)12(17)18-7-8-3-4-9(13)10(14)6-8;/h2-4,6H,1,5,7H2,(H3,15,16)(H2,17,18);1H. The zero-order chi connectivity index (χ0) is 14.4. The number of aliphatic imine (C=N–C) groups is 1. The number of halogens is 3. The minimum absolute atomic E-state index is 0. The van der Waals surface area contributed by atoms with E-state index in [1.165, 1.54) is 4.90 Å². The van der Waals surface area contributed by atoms with Crippen LogP contribution < -0.4 is 11.5 Å². The molecule has 0 radical (unpaired) electrons.